The monoisotopic (exact) mass is 230 g/mol. The Morgan fingerprint density at radius 3 is 2.94 bits per heavy atom. The average Bonchev–Trinajstić information content (AvgIpc) is 2.30. The smallest absolute Gasteiger partial charge is 0.153 e. The Balaban J connectivity index is 2.32. The first-order chi connectivity index (χ1) is 8.13. The van der Waals surface area contributed by atoms with Crippen LogP contribution in [-0.4, -0.2) is 17.6 Å². The molecule has 4 heteroatoms. The predicted octanol–water partition coefficient (Wildman–Crippen LogP) is 2.16. The van der Waals surface area contributed by atoms with E-state index in [1.807, 2.05) is 0 Å². The molecule has 1 aromatic heterocycles. The van der Waals surface area contributed by atoms with Crippen molar-refractivity contribution in [3.05, 3.63) is 17.8 Å². The Bertz CT molecular complexity index is 449. The van der Waals surface area contributed by atoms with Crippen LogP contribution in [0.3, 0.4) is 0 Å². The minimum Gasteiger partial charge on any atom is -0.395 e. The summed E-state index contributed by atoms with van der Waals surface area (Å²) >= 11 is 0. The molecule has 2 heterocycles. The fraction of sp³-hybridized carbons (Fsp3) is 0.538. The topological polar surface area (TPSA) is 65.9 Å². The molecule has 0 saturated carbocycles. The molecule has 0 aromatic carbocycles. The molecule has 0 amide bonds. The van der Waals surface area contributed by atoms with Crippen LogP contribution >= 0.6 is 0 Å². The van der Waals surface area contributed by atoms with Crippen molar-refractivity contribution in [2.45, 2.75) is 32.7 Å². The number of pyridine rings is 1. The first-order valence-corrected chi connectivity index (χ1v) is 6.04. The lowest BCUT2D eigenvalue weighted by Crippen LogP contribution is -2.41. The lowest BCUT2D eigenvalue weighted by atomic mass is 9.93. The summed E-state index contributed by atoms with van der Waals surface area (Å²) in [6.45, 7) is 5.43. The van der Waals surface area contributed by atoms with E-state index in [1.54, 1.807) is 12.3 Å². The van der Waals surface area contributed by atoms with Gasteiger partial charge in [-0.1, -0.05) is 6.92 Å². The standard InChI is InChI=1S/C13H18N4/c1-9-4-6-17(10(2)7-9)13-12(15)11(8-14)3-5-16-13/h3,5,9-10H,4,6-7,15H2,1-2H3. The molecule has 1 aliphatic rings. The third-order valence-electron chi connectivity index (χ3n) is 3.50. The summed E-state index contributed by atoms with van der Waals surface area (Å²) < 4.78 is 0. The van der Waals surface area contributed by atoms with Crippen LogP contribution in [0.5, 0.6) is 0 Å². The van der Waals surface area contributed by atoms with E-state index >= 15 is 0 Å². The van der Waals surface area contributed by atoms with Gasteiger partial charge in [-0.05, 0) is 31.7 Å². The summed E-state index contributed by atoms with van der Waals surface area (Å²) in [5.41, 5.74) is 7.02. The van der Waals surface area contributed by atoms with Crippen molar-refractivity contribution in [3.63, 3.8) is 0 Å². The molecular formula is C13H18N4. The Hall–Kier alpha value is -1.76. The fourth-order valence-electron chi connectivity index (χ4n) is 2.51. The van der Waals surface area contributed by atoms with Crippen LogP contribution in [0.4, 0.5) is 11.5 Å². The van der Waals surface area contributed by atoms with Crippen LogP contribution < -0.4 is 10.6 Å². The fourth-order valence-corrected chi connectivity index (χ4v) is 2.51. The van der Waals surface area contributed by atoms with E-state index in [4.69, 9.17) is 11.0 Å². The molecule has 2 rings (SSSR count). The molecule has 0 radical (unpaired) electrons. The van der Waals surface area contributed by atoms with Gasteiger partial charge >= 0.3 is 0 Å². The van der Waals surface area contributed by atoms with E-state index in [0.717, 1.165) is 31.1 Å². The van der Waals surface area contributed by atoms with Crippen molar-refractivity contribution in [3.8, 4) is 6.07 Å². The summed E-state index contributed by atoms with van der Waals surface area (Å²) in [7, 11) is 0. The van der Waals surface area contributed by atoms with Crippen LogP contribution in [0, 0.1) is 17.2 Å². The van der Waals surface area contributed by atoms with Crippen molar-refractivity contribution in [1.29, 1.82) is 5.26 Å². The zero-order valence-corrected chi connectivity index (χ0v) is 10.3. The van der Waals surface area contributed by atoms with Gasteiger partial charge in [0.1, 0.15) is 6.07 Å². The van der Waals surface area contributed by atoms with Crippen LogP contribution in [-0.2, 0) is 0 Å². The highest BCUT2D eigenvalue weighted by Gasteiger charge is 2.25. The molecule has 1 saturated heterocycles. The number of nitrogens with two attached hydrogens (primary N) is 1. The number of nitrogens with zero attached hydrogens (tertiary/aromatic N) is 3. The Labute approximate surface area is 102 Å². The molecule has 17 heavy (non-hydrogen) atoms. The van der Waals surface area contributed by atoms with Gasteiger partial charge in [0.2, 0.25) is 0 Å². The number of hydrogen-bond donors (Lipinski definition) is 1. The normalized spacial score (nSPS) is 24.4. The van der Waals surface area contributed by atoms with E-state index in [-0.39, 0.29) is 0 Å². The maximum Gasteiger partial charge on any atom is 0.153 e. The van der Waals surface area contributed by atoms with Crippen LogP contribution in [0.1, 0.15) is 32.3 Å². The summed E-state index contributed by atoms with van der Waals surface area (Å²) in [4.78, 5) is 6.55. The zero-order chi connectivity index (χ0) is 12.4. The highest BCUT2D eigenvalue weighted by Crippen LogP contribution is 2.31. The third-order valence-corrected chi connectivity index (χ3v) is 3.50. The first-order valence-electron chi connectivity index (χ1n) is 6.04. The molecule has 2 atom stereocenters. The highest BCUT2D eigenvalue weighted by molar-refractivity contribution is 5.70. The van der Waals surface area contributed by atoms with Crippen LogP contribution in [0.25, 0.3) is 0 Å². The molecule has 1 aromatic rings. The van der Waals surface area contributed by atoms with Gasteiger partial charge in [-0.2, -0.15) is 5.26 Å². The zero-order valence-electron chi connectivity index (χ0n) is 10.3. The molecule has 0 spiro atoms. The van der Waals surface area contributed by atoms with Gasteiger partial charge in [-0.25, -0.2) is 4.98 Å². The quantitative estimate of drug-likeness (QED) is 0.802. The maximum atomic E-state index is 8.97. The number of piperidine rings is 1. The van der Waals surface area contributed by atoms with Gasteiger partial charge in [0.05, 0.1) is 11.3 Å². The molecular weight excluding hydrogens is 212 g/mol. The van der Waals surface area contributed by atoms with Crippen molar-refractivity contribution >= 4 is 11.5 Å². The SMILES string of the molecule is CC1CCN(c2nccc(C#N)c2N)C(C)C1. The van der Waals surface area contributed by atoms with Gasteiger partial charge in [-0.15, -0.1) is 0 Å². The molecule has 2 unspecified atom stereocenters. The minimum atomic E-state index is 0.433. The van der Waals surface area contributed by atoms with Gasteiger partial charge < -0.3 is 10.6 Å². The number of anilines is 2. The number of nitriles is 1. The second kappa shape index (κ2) is 4.62. The van der Waals surface area contributed by atoms with Gasteiger partial charge in [0, 0.05) is 18.8 Å². The van der Waals surface area contributed by atoms with Crippen molar-refractivity contribution < 1.29 is 0 Å². The van der Waals surface area contributed by atoms with Gasteiger partial charge in [0.25, 0.3) is 0 Å². The summed E-state index contributed by atoms with van der Waals surface area (Å²) in [5, 5.41) is 8.97. The number of nitrogen functional groups attached to an aromatic ring is 1. The summed E-state index contributed by atoms with van der Waals surface area (Å²) in [6.07, 6.45) is 3.97. The van der Waals surface area contributed by atoms with Gasteiger partial charge in [-0.3, -0.25) is 0 Å². The largest absolute Gasteiger partial charge is 0.395 e. The lowest BCUT2D eigenvalue weighted by molar-refractivity contribution is 0.376. The van der Waals surface area contributed by atoms with Crippen molar-refractivity contribution in [2.75, 3.05) is 17.2 Å². The number of hydrogen-bond acceptors (Lipinski definition) is 4. The molecule has 2 N–H and O–H groups in total. The second-order valence-electron chi connectivity index (χ2n) is 4.88. The average molecular weight is 230 g/mol. The molecule has 4 nitrogen and oxygen atoms in total. The Morgan fingerprint density at radius 2 is 2.29 bits per heavy atom. The van der Waals surface area contributed by atoms with E-state index in [9.17, 15) is 0 Å². The molecule has 0 bridgehead atoms. The van der Waals surface area contributed by atoms with E-state index in [0.29, 0.717) is 17.3 Å². The van der Waals surface area contributed by atoms with Crippen molar-refractivity contribution in [1.82, 2.24) is 4.98 Å². The van der Waals surface area contributed by atoms with E-state index in [1.165, 1.54) is 0 Å². The molecule has 1 aliphatic heterocycles. The minimum absolute atomic E-state index is 0.433. The van der Waals surface area contributed by atoms with E-state index < -0.39 is 0 Å². The molecule has 90 valence electrons. The maximum absolute atomic E-state index is 8.97. The summed E-state index contributed by atoms with van der Waals surface area (Å²) in [5.74, 6) is 1.52. The predicted molar refractivity (Wildman–Crippen MR) is 68.6 cm³/mol. The third kappa shape index (κ3) is 2.19. The van der Waals surface area contributed by atoms with Crippen LogP contribution in [0.2, 0.25) is 0 Å². The van der Waals surface area contributed by atoms with Crippen LogP contribution in [0.15, 0.2) is 12.3 Å². The lowest BCUT2D eigenvalue weighted by Gasteiger charge is -2.38. The second-order valence-corrected chi connectivity index (χ2v) is 4.88. The van der Waals surface area contributed by atoms with E-state index in [2.05, 4.69) is 29.8 Å². The molecule has 0 aliphatic carbocycles. The summed E-state index contributed by atoms with van der Waals surface area (Å²) in [6, 6.07) is 4.20. The number of rotatable bonds is 1. The van der Waals surface area contributed by atoms with Gasteiger partial charge in [0.15, 0.2) is 5.82 Å². The first kappa shape index (κ1) is 11.7. The Morgan fingerprint density at radius 1 is 1.53 bits per heavy atom. The highest BCUT2D eigenvalue weighted by atomic mass is 15.2. The molecule has 1 fully saturated rings. The van der Waals surface area contributed by atoms with Crippen molar-refractivity contribution in [2.24, 2.45) is 5.92 Å². The Kier molecular flexibility index (Phi) is 3.19. The number of aromatic nitrogens is 1.